The lowest BCUT2D eigenvalue weighted by atomic mass is 10.1. The van der Waals surface area contributed by atoms with Crippen LogP contribution in [0.4, 0.5) is 17.1 Å². The third-order valence-corrected chi connectivity index (χ3v) is 4.96. The van der Waals surface area contributed by atoms with Crippen molar-refractivity contribution in [2.24, 2.45) is 4.99 Å². The van der Waals surface area contributed by atoms with Crippen LogP contribution in [0.1, 0.15) is 34.5 Å². The van der Waals surface area contributed by atoms with Crippen LogP contribution >= 0.6 is 11.3 Å². The molecule has 1 fully saturated rings. The van der Waals surface area contributed by atoms with Crippen LogP contribution in [0.3, 0.4) is 0 Å². The van der Waals surface area contributed by atoms with E-state index in [4.69, 9.17) is 0 Å². The van der Waals surface area contributed by atoms with Gasteiger partial charge in [0, 0.05) is 25.4 Å². The molecular formula is C17H16N3O4S-. The number of benzene rings is 1. The van der Waals surface area contributed by atoms with Crippen molar-refractivity contribution in [3.8, 4) is 0 Å². The molecule has 0 saturated carbocycles. The number of hydrogen-bond donors (Lipinski definition) is 0. The number of thiophene rings is 1. The van der Waals surface area contributed by atoms with Crippen molar-refractivity contribution >= 4 is 40.6 Å². The molecule has 2 heterocycles. The number of carbonyl (C=O) groups is 1. The highest BCUT2D eigenvalue weighted by Gasteiger charge is 2.21. The molecule has 3 rings (SSSR count). The zero-order valence-electron chi connectivity index (χ0n) is 13.4. The fourth-order valence-electron chi connectivity index (χ4n) is 2.87. The lowest BCUT2D eigenvalue weighted by molar-refractivity contribution is -0.384. The number of nitro groups is 1. The highest BCUT2D eigenvalue weighted by atomic mass is 32.1. The number of hydrogen-bond acceptors (Lipinski definition) is 7. The van der Waals surface area contributed by atoms with Crippen molar-refractivity contribution in [2.75, 3.05) is 18.0 Å². The van der Waals surface area contributed by atoms with Crippen LogP contribution in [0.2, 0.25) is 0 Å². The second-order valence-electron chi connectivity index (χ2n) is 5.73. The fraction of sp³-hybridized carbons (Fsp3) is 0.294. The number of aromatic carboxylic acids is 1. The number of carboxylic acid groups (broad SMARTS) is 1. The molecule has 0 N–H and O–H groups in total. The summed E-state index contributed by atoms with van der Waals surface area (Å²) < 4.78 is 0. The minimum absolute atomic E-state index is 0.0377. The minimum atomic E-state index is -1.28. The van der Waals surface area contributed by atoms with Gasteiger partial charge in [0.25, 0.3) is 5.69 Å². The Morgan fingerprint density at radius 1 is 1.24 bits per heavy atom. The number of carboxylic acids is 1. The van der Waals surface area contributed by atoms with Crippen LogP contribution < -0.4 is 10.0 Å². The van der Waals surface area contributed by atoms with E-state index in [1.807, 2.05) is 4.90 Å². The Kier molecular flexibility index (Phi) is 5.08. The SMILES string of the molecule is O=C([O-])c1sccc1N=Cc1ccc(N2CCCCC2)c([N+](=O)[O-])c1. The number of nitro benzene ring substituents is 1. The van der Waals surface area contributed by atoms with Crippen LogP contribution in [-0.4, -0.2) is 30.2 Å². The van der Waals surface area contributed by atoms with E-state index in [1.54, 1.807) is 23.6 Å². The third-order valence-electron chi connectivity index (χ3n) is 4.08. The average molecular weight is 358 g/mol. The first-order valence-corrected chi connectivity index (χ1v) is 8.80. The van der Waals surface area contributed by atoms with Gasteiger partial charge in [0.2, 0.25) is 0 Å². The van der Waals surface area contributed by atoms with Crippen LogP contribution in [0, 0.1) is 10.1 Å². The number of nitrogens with zero attached hydrogens (tertiary/aromatic N) is 3. The van der Waals surface area contributed by atoms with Gasteiger partial charge in [-0.05, 0) is 42.3 Å². The van der Waals surface area contributed by atoms with Gasteiger partial charge in [-0.3, -0.25) is 15.1 Å². The van der Waals surface area contributed by atoms with Crippen molar-refractivity contribution in [3.63, 3.8) is 0 Å². The van der Waals surface area contributed by atoms with Gasteiger partial charge >= 0.3 is 0 Å². The second-order valence-corrected chi connectivity index (χ2v) is 6.65. The van der Waals surface area contributed by atoms with Gasteiger partial charge in [-0.2, -0.15) is 0 Å². The third kappa shape index (κ3) is 3.85. The molecule has 130 valence electrons. The van der Waals surface area contributed by atoms with E-state index in [1.165, 1.54) is 12.3 Å². The molecule has 2 aromatic rings. The summed E-state index contributed by atoms with van der Waals surface area (Å²) >= 11 is 1.03. The zero-order valence-corrected chi connectivity index (χ0v) is 14.2. The van der Waals surface area contributed by atoms with Gasteiger partial charge in [0.05, 0.1) is 21.5 Å². The maximum atomic E-state index is 11.4. The van der Waals surface area contributed by atoms with E-state index in [0.717, 1.165) is 43.7 Å². The molecule has 0 unspecified atom stereocenters. The predicted octanol–water partition coefficient (Wildman–Crippen LogP) is 2.76. The Bertz CT molecular complexity index is 825. The first kappa shape index (κ1) is 17.1. The second kappa shape index (κ2) is 7.43. The average Bonchev–Trinajstić information content (AvgIpc) is 3.09. The molecule has 0 atom stereocenters. The molecule has 0 bridgehead atoms. The molecule has 1 aliphatic rings. The molecule has 0 aliphatic carbocycles. The highest BCUT2D eigenvalue weighted by molar-refractivity contribution is 7.12. The van der Waals surface area contributed by atoms with Crippen LogP contribution in [0.5, 0.6) is 0 Å². The molecule has 1 aromatic carbocycles. The largest absolute Gasteiger partial charge is 0.544 e. The lowest BCUT2D eigenvalue weighted by Gasteiger charge is -2.28. The van der Waals surface area contributed by atoms with Crippen LogP contribution in [0.15, 0.2) is 34.6 Å². The molecule has 25 heavy (non-hydrogen) atoms. The Morgan fingerprint density at radius 3 is 2.68 bits per heavy atom. The Hall–Kier alpha value is -2.74. The Labute approximate surface area is 148 Å². The standard InChI is InChI=1S/C17H17N3O4S/c21-17(22)16-13(6-9-25-16)18-11-12-4-5-14(15(10-12)20(23)24)19-7-2-1-3-8-19/h4-6,9-11H,1-3,7-8H2,(H,21,22)/p-1. The summed E-state index contributed by atoms with van der Waals surface area (Å²) in [7, 11) is 0. The van der Waals surface area contributed by atoms with Gasteiger partial charge in [0.1, 0.15) is 5.69 Å². The van der Waals surface area contributed by atoms with Gasteiger partial charge in [0.15, 0.2) is 0 Å². The predicted molar refractivity (Wildman–Crippen MR) is 95.1 cm³/mol. The number of carbonyl (C=O) groups excluding carboxylic acids is 1. The monoisotopic (exact) mass is 358 g/mol. The van der Waals surface area contributed by atoms with Crippen molar-refractivity contribution < 1.29 is 14.8 Å². The summed E-state index contributed by atoms with van der Waals surface area (Å²) in [6.45, 7) is 1.64. The van der Waals surface area contributed by atoms with E-state index >= 15 is 0 Å². The molecule has 0 amide bonds. The minimum Gasteiger partial charge on any atom is -0.544 e. The summed E-state index contributed by atoms with van der Waals surface area (Å²) in [4.78, 5) is 28.2. The van der Waals surface area contributed by atoms with Gasteiger partial charge in [-0.1, -0.05) is 6.07 Å². The quantitative estimate of drug-likeness (QED) is 0.465. The number of rotatable bonds is 5. The lowest BCUT2D eigenvalue weighted by Crippen LogP contribution is -2.29. The Balaban J connectivity index is 1.88. The van der Waals surface area contributed by atoms with Crippen molar-refractivity contribution in [3.05, 3.63) is 50.2 Å². The molecule has 0 radical (unpaired) electrons. The first-order chi connectivity index (χ1) is 12.1. The van der Waals surface area contributed by atoms with E-state index in [0.29, 0.717) is 11.3 Å². The van der Waals surface area contributed by atoms with E-state index < -0.39 is 10.9 Å². The van der Waals surface area contributed by atoms with E-state index in [2.05, 4.69) is 4.99 Å². The zero-order chi connectivity index (χ0) is 17.8. The highest BCUT2D eigenvalue weighted by Crippen LogP contribution is 2.31. The topological polar surface area (TPSA) is 98.9 Å². The van der Waals surface area contributed by atoms with E-state index in [-0.39, 0.29) is 16.3 Å². The fourth-order valence-corrected chi connectivity index (χ4v) is 3.54. The van der Waals surface area contributed by atoms with E-state index in [9.17, 15) is 20.0 Å². The number of aliphatic imine (C=N–C) groups is 1. The molecular weight excluding hydrogens is 342 g/mol. The first-order valence-electron chi connectivity index (χ1n) is 7.92. The summed E-state index contributed by atoms with van der Waals surface area (Å²) in [5.74, 6) is -1.28. The maximum Gasteiger partial charge on any atom is 0.293 e. The number of anilines is 1. The molecule has 1 aromatic heterocycles. The van der Waals surface area contributed by atoms with Gasteiger partial charge < -0.3 is 14.8 Å². The molecule has 0 spiro atoms. The number of piperidine rings is 1. The molecule has 8 heteroatoms. The van der Waals surface area contributed by atoms with Crippen molar-refractivity contribution in [1.82, 2.24) is 0 Å². The normalized spacial score (nSPS) is 14.8. The molecule has 1 aliphatic heterocycles. The van der Waals surface area contributed by atoms with Crippen LogP contribution in [-0.2, 0) is 0 Å². The molecule has 7 nitrogen and oxygen atoms in total. The summed E-state index contributed by atoms with van der Waals surface area (Å²) in [6.07, 6.45) is 4.65. The summed E-state index contributed by atoms with van der Waals surface area (Å²) in [5.41, 5.74) is 1.49. The summed E-state index contributed by atoms with van der Waals surface area (Å²) in [6, 6.07) is 6.53. The van der Waals surface area contributed by atoms with Crippen LogP contribution in [0.25, 0.3) is 0 Å². The van der Waals surface area contributed by atoms with Gasteiger partial charge in [-0.15, -0.1) is 11.3 Å². The van der Waals surface area contributed by atoms with Crippen molar-refractivity contribution in [2.45, 2.75) is 19.3 Å². The molecule has 1 saturated heterocycles. The van der Waals surface area contributed by atoms with Gasteiger partial charge in [-0.25, -0.2) is 0 Å². The van der Waals surface area contributed by atoms with Crippen molar-refractivity contribution in [1.29, 1.82) is 0 Å². The maximum absolute atomic E-state index is 11.4. The Morgan fingerprint density at radius 2 is 2.00 bits per heavy atom. The summed E-state index contributed by atoms with van der Waals surface area (Å²) in [5, 5.41) is 24.0. The smallest absolute Gasteiger partial charge is 0.293 e.